The van der Waals surface area contributed by atoms with E-state index in [4.69, 9.17) is 9.47 Å². The summed E-state index contributed by atoms with van der Waals surface area (Å²) >= 11 is 0. The molecule has 1 N–H and O–H groups in total. The number of anilines is 1. The maximum Gasteiger partial charge on any atom is 0.235 e. The van der Waals surface area contributed by atoms with Crippen molar-refractivity contribution in [3.63, 3.8) is 0 Å². The fourth-order valence-corrected chi connectivity index (χ4v) is 4.59. The first-order valence-corrected chi connectivity index (χ1v) is 11.3. The topological polar surface area (TPSA) is 47.6 Å². The third kappa shape index (κ3) is 4.80. The van der Waals surface area contributed by atoms with Crippen LogP contribution in [-0.4, -0.2) is 13.0 Å². The number of aryl methyl sites for hydroxylation is 1. The number of carbonyl (C=O) groups excluding carboxylic acids is 1. The van der Waals surface area contributed by atoms with Crippen molar-refractivity contribution in [2.45, 2.75) is 51.0 Å². The first-order chi connectivity index (χ1) is 15.6. The number of nitrogens with one attached hydrogen (secondary N) is 1. The van der Waals surface area contributed by atoms with Gasteiger partial charge in [0.2, 0.25) is 5.91 Å². The summed E-state index contributed by atoms with van der Waals surface area (Å²) in [4.78, 5) is 13.6. The van der Waals surface area contributed by atoms with E-state index in [1.165, 1.54) is 6.42 Å². The molecule has 0 aromatic heterocycles. The van der Waals surface area contributed by atoms with Gasteiger partial charge < -0.3 is 14.8 Å². The second-order valence-corrected chi connectivity index (χ2v) is 8.58. The van der Waals surface area contributed by atoms with E-state index in [0.29, 0.717) is 6.61 Å². The quantitative estimate of drug-likeness (QED) is 0.471. The molecule has 3 aromatic carbocycles. The lowest BCUT2D eigenvalue weighted by molar-refractivity contribution is -0.122. The van der Waals surface area contributed by atoms with E-state index in [2.05, 4.69) is 5.32 Å². The molecule has 0 atom stereocenters. The second-order valence-electron chi connectivity index (χ2n) is 8.58. The molecule has 1 saturated carbocycles. The lowest BCUT2D eigenvalue weighted by Gasteiger charge is -2.36. The molecule has 0 radical (unpaired) electrons. The van der Waals surface area contributed by atoms with Crippen LogP contribution in [0.25, 0.3) is 0 Å². The Morgan fingerprint density at radius 1 is 0.938 bits per heavy atom. The van der Waals surface area contributed by atoms with Gasteiger partial charge in [-0.1, -0.05) is 61.7 Å². The van der Waals surface area contributed by atoms with Crippen molar-refractivity contribution in [2.24, 2.45) is 0 Å². The van der Waals surface area contributed by atoms with Crippen molar-refractivity contribution in [3.8, 4) is 11.5 Å². The predicted octanol–water partition coefficient (Wildman–Crippen LogP) is 6.42. The second kappa shape index (κ2) is 9.90. The molecule has 0 saturated heterocycles. The molecule has 0 unspecified atom stereocenters. The Bertz CT molecular complexity index is 1040. The number of benzene rings is 3. The molecule has 4 nitrogen and oxygen atoms in total. The number of carbonyl (C=O) groups is 1. The Labute approximate surface area is 190 Å². The van der Waals surface area contributed by atoms with Crippen LogP contribution >= 0.6 is 0 Å². The van der Waals surface area contributed by atoms with Crippen LogP contribution in [0, 0.1) is 6.92 Å². The largest absolute Gasteiger partial charge is 0.497 e. The molecule has 4 rings (SSSR count). The standard InChI is InChI=1S/C28H31NO3/c1-21-19-24(13-16-26(21)32-20-22-9-5-3-6-10-22)29-27(30)28(17-7-4-8-18-28)23-11-14-25(31-2)15-12-23/h3,5-6,9-16,19H,4,7-8,17-18,20H2,1-2H3,(H,29,30). The molecular formula is C28H31NO3. The number of hydrogen-bond acceptors (Lipinski definition) is 3. The van der Waals surface area contributed by atoms with Gasteiger partial charge >= 0.3 is 0 Å². The third-order valence-corrected chi connectivity index (χ3v) is 6.45. The van der Waals surface area contributed by atoms with Crippen molar-refractivity contribution in [1.29, 1.82) is 0 Å². The first kappa shape index (κ1) is 21.9. The van der Waals surface area contributed by atoms with E-state index in [9.17, 15) is 4.79 Å². The number of ether oxygens (including phenoxy) is 2. The van der Waals surface area contributed by atoms with Gasteiger partial charge in [-0.25, -0.2) is 0 Å². The summed E-state index contributed by atoms with van der Waals surface area (Å²) in [7, 11) is 1.66. The zero-order valence-corrected chi connectivity index (χ0v) is 18.9. The summed E-state index contributed by atoms with van der Waals surface area (Å²) < 4.78 is 11.3. The third-order valence-electron chi connectivity index (χ3n) is 6.45. The van der Waals surface area contributed by atoms with Crippen molar-refractivity contribution in [2.75, 3.05) is 12.4 Å². The molecule has 3 aromatic rings. The summed E-state index contributed by atoms with van der Waals surface area (Å²) in [6.45, 7) is 2.53. The van der Waals surface area contributed by atoms with Crippen molar-refractivity contribution >= 4 is 11.6 Å². The van der Waals surface area contributed by atoms with Crippen LogP contribution in [0.4, 0.5) is 5.69 Å². The smallest absolute Gasteiger partial charge is 0.235 e. The summed E-state index contributed by atoms with van der Waals surface area (Å²) in [5.41, 5.74) is 3.50. The van der Waals surface area contributed by atoms with Gasteiger partial charge in [-0.3, -0.25) is 4.79 Å². The number of methoxy groups -OCH3 is 1. The minimum absolute atomic E-state index is 0.0692. The fourth-order valence-electron chi connectivity index (χ4n) is 4.59. The minimum Gasteiger partial charge on any atom is -0.497 e. The van der Waals surface area contributed by atoms with E-state index >= 15 is 0 Å². The monoisotopic (exact) mass is 429 g/mol. The van der Waals surface area contributed by atoms with Gasteiger partial charge in [0.05, 0.1) is 12.5 Å². The molecule has 0 aliphatic heterocycles. The molecule has 1 amide bonds. The molecule has 166 valence electrons. The molecule has 1 aliphatic carbocycles. The maximum atomic E-state index is 13.6. The molecule has 4 heteroatoms. The Morgan fingerprint density at radius 2 is 1.66 bits per heavy atom. The zero-order chi connectivity index (χ0) is 22.4. The first-order valence-electron chi connectivity index (χ1n) is 11.3. The minimum atomic E-state index is -0.499. The maximum absolute atomic E-state index is 13.6. The molecular weight excluding hydrogens is 398 g/mol. The average Bonchev–Trinajstić information content (AvgIpc) is 2.84. The van der Waals surface area contributed by atoms with E-state index in [1.54, 1.807) is 7.11 Å². The van der Waals surface area contributed by atoms with E-state index in [0.717, 1.165) is 59.6 Å². The van der Waals surface area contributed by atoms with Crippen LogP contribution < -0.4 is 14.8 Å². The average molecular weight is 430 g/mol. The SMILES string of the molecule is COc1ccc(C2(C(=O)Nc3ccc(OCc4ccccc4)c(C)c3)CCCCC2)cc1. The van der Waals surface area contributed by atoms with Gasteiger partial charge in [0.15, 0.2) is 0 Å². The van der Waals surface area contributed by atoms with Gasteiger partial charge in [0.1, 0.15) is 18.1 Å². The van der Waals surface area contributed by atoms with Gasteiger partial charge in [-0.05, 0) is 66.8 Å². The Morgan fingerprint density at radius 3 is 2.31 bits per heavy atom. The number of amides is 1. The zero-order valence-electron chi connectivity index (χ0n) is 18.9. The summed E-state index contributed by atoms with van der Waals surface area (Å²) in [5.74, 6) is 1.70. The van der Waals surface area contributed by atoms with Crippen LogP contribution in [0.5, 0.6) is 11.5 Å². The van der Waals surface area contributed by atoms with E-state index < -0.39 is 5.41 Å². The molecule has 0 bridgehead atoms. The lowest BCUT2D eigenvalue weighted by Crippen LogP contribution is -2.42. The molecule has 0 spiro atoms. The molecule has 1 fully saturated rings. The Balaban J connectivity index is 1.49. The molecule has 32 heavy (non-hydrogen) atoms. The predicted molar refractivity (Wildman–Crippen MR) is 128 cm³/mol. The van der Waals surface area contributed by atoms with E-state index in [1.807, 2.05) is 79.7 Å². The highest BCUT2D eigenvalue weighted by Crippen LogP contribution is 2.41. The number of rotatable bonds is 7. The Hall–Kier alpha value is -3.27. The normalized spacial score (nSPS) is 15.1. The fraction of sp³-hybridized carbons (Fsp3) is 0.321. The van der Waals surface area contributed by atoms with Crippen molar-refractivity contribution in [3.05, 3.63) is 89.5 Å². The lowest BCUT2D eigenvalue weighted by atomic mass is 9.68. The summed E-state index contributed by atoms with van der Waals surface area (Å²) in [6.07, 6.45) is 5.03. The van der Waals surface area contributed by atoms with Crippen molar-refractivity contribution < 1.29 is 14.3 Å². The van der Waals surface area contributed by atoms with Crippen LogP contribution in [0.3, 0.4) is 0 Å². The highest BCUT2D eigenvalue weighted by Gasteiger charge is 2.41. The van der Waals surface area contributed by atoms with Crippen molar-refractivity contribution in [1.82, 2.24) is 0 Å². The van der Waals surface area contributed by atoms with E-state index in [-0.39, 0.29) is 5.91 Å². The molecule has 1 aliphatic rings. The van der Waals surface area contributed by atoms with Gasteiger partial charge in [0, 0.05) is 5.69 Å². The van der Waals surface area contributed by atoms with Gasteiger partial charge in [-0.15, -0.1) is 0 Å². The highest BCUT2D eigenvalue weighted by molar-refractivity contribution is 5.99. The van der Waals surface area contributed by atoms with Gasteiger partial charge in [-0.2, -0.15) is 0 Å². The summed E-state index contributed by atoms with van der Waals surface area (Å²) in [5, 5.41) is 3.20. The van der Waals surface area contributed by atoms with Crippen LogP contribution in [0.15, 0.2) is 72.8 Å². The van der Waals surface area contributed by atoms with Crippen LogP contribution in [-0.2, 0) is 16.8 Å². The molecule has 0 heterocycles. The van der Waals surface area contributed by atoms with Gasteiger partial charge in [0.25, 0.3) is 0 Å². The Kier molecular flexibility index (Phi) is 6.79. The number of hydrogen-bond donors (Lipinski definition) is 1. The highest BCUT2D eigenvalue weighted by atomic mass is 16.5. The van der Waals surface area contributed by atoms with Crippen LogP contribution in [0.2, 0.25) is 0 Å². The summed E-state index contributed by atoms with van der Waals surface area (Å²) in [6, 6.07) is 23.9. The van der Waals surface area contributed by atoms with Crippen LogP contribution in [0.1, 0.15) is 48.8 Å².